The van der Waals surface area contributed by atoms with Crippen molar-refractivity contribution in [2.24, 2.45) is 0 Å². The van der Waals surface area contributed by atoms with Gasteiger partial charge in [-0.2, -0.15) is 4.98 Å². The van der Waals surface area contributed by atoms with Crippen LogP contribution in [0, 0.1) is 0 Å². The highest BCUT2D eigenvalue weighted by Crippen LogP contribution is 2.41. The van der Waals surface area contributed by atoms with Gasteiger partial charge in [0.15, 0.2) is 4.96 Å². The lowest BCUT2D eigenvalue weighted by atomic mass is 9.86. The van der Waals surface area contributed by atoms with Crippen molar-refractivity contribution in [2.45, 2.75) is 12.3 Å². The minimum absolute atomic E-state index is 0.101. The molecule has 1 N–H and O–H groups in total. The molecule has 1 aromatic carbocycles. The minimum Gasteiger partial charge on any atom is -0.311 e. The van der Waals surface area contributed by atoms with Crippen LogP contribution in [0.25, 0.3) is 4.96 Å². The third-order valence-electron chi connectivity index (χ3n) is 3.86. The van der Waals surface area contributed by atoms with Crippen molar-refractivity contribution >= 4 is 51.2 Å². The van der Waals surface area contributed by atoms with Gasteiger partial charge in [0.05, 0.1) is 5.56 Å². The van der Waals surface area contributed by atoms with Crippen molar-refractivity contribution < 1.29 is 4.79 Å². The Morgan fingerprint density at radius 2 is 1.96 bits per heavy atom. The number of hydrogen-bond donors (Lipinski definition) is 1. The van der Waals surface area contributed by atoms with Crippen LogP contribution in [0.2, 0.25) is 10.0 Å². The van der Waals surface area contributed by atoms with Crippen LogP contribution in [0.5, 0.6) is 0 Å². The van der Waals surface area contributed by atoms with Gasteiger partial charge in [0, 0.05) is 34.0 Å². The number of amides is 1. The molecule has 0 fully saturated rings. The van der Waals surface area contributed by atoms with Gasteiger partial charge in [0.25, 0.3) is 5.56 Å². The number of benzene rings is 1. The standard InChI is InChI=1S/C15H9Cl2N3O2S/c16-8-2-1-3-9(17)11(8)7-6-10(21)18-13-12(7)14(22)19-15-20(13)4-5-23-15/h1-5,7H,6H2,(H,18,21). The number of nitrogens with zero attached hydrogens (tertiary/aromatic N) is 2. The van der Waals surface area contributed by atoms with Gasteiger partial charge in [-0.3, -0.25) is 14.0 Å². The molecule has 116 valence electrons. The summed E-state index contributed by atoms with van der Waals surface area (Å²) in [7, 11) is 0. The molecule has 0 aliphatic carbocycles. The van der Waals surface area contributed by atoms with Crippen molar-refractivity contribution in [1.29, 1.82) is 0 Å². The average molecular weight is 366 g/mol. The summed E-state index contributed by atoms with van der Waals surface area (Å²) < 4.78 is 1.70. The zero-order valence-corrected chi connectivity index (χ0v) is 13.9. The molecule has 5 nitrogen and oxygen atoms in total. The summed E-state index contributed by atoms with van der Waals surface area (Å²) in [5.74, 6) is -0.265. The molecule has 1 aliphatic heterocycles. The lowest BCUT2D eigenvalue weighted by molar-refractivity contribution is -0.116. The highest BCUT2D eigenvalue weighted by Gasteiger charge is 2.33. The van der Waals surface area contributed by atoms with Crippen LogP contribution in [-0.4, -0.2) is 15.3 Å². The van der Waals surface area contributed by atoms with E-state index in [4.69, 9.17) is 23.2 Å². The van der Waals surface area contributed by atoms with Gasteiger partial charge in [-0.05, 0) is 17.7 Å². The normalized spacial score (nSPS) is 17.1. The van der Waals surface area contributed by atoms with Crippen LogP contribution in [0.4, 0.5) is 5.82 Å². The molecule has 3 heterocycles. The fraction of sp³-hybridized carbons (Fsp3) is 0.133. The molecule has 0 bridgehead atoms. The Balaban J connectivity index is 2.06. The first kappa shape index (κ1) is 14.7. The fourth-order valence-corrected chi connectivity index (χ4v) is 4.27. The van der Waals surface area contributed by atoms with Crippen LogP contribution in [0.1, 0.15) is 23.5 Å². The number of hydrogen-bond acceptors (Lipinski definition) is 4. The molecule has 2 aromatic heterocycles. The molecule has 23 heavy (non-hydrogen) atoms. The number of rotatable bonds is 1. The van der Waals surface area contributed by atoms with Crippen LogP contribution in [-0.2, 0) is 4.79 Å². The maximum absolute atomic E-state index is 12.5. The molecule has 0 saturated carbocycles. The molecular weight excluding hydrogens is 357 g/mol. The molecule has 4 rings (SSSR count). The lowest BCUT2D eigenvalue weighted by Gasteiger charge is -2.26. The maximum atomic E-state index is 12.5. The number of thiazole rings is 1. The second-order valence-electron chi connectivity index (χ2n) is 5.18. The number of aromatic nitrogens is 2. The maximum Gasteiger partial charge on any atom is 0.279 e. The molecule has 1 amide bonds. The summed E-state index contributed by atoms with van der Waals surface area (Å²) >= 11 is 13.9. The third kappa shape index (κ3) is 2.25. The van der Waals surface area contributed by atoms with Crippen molar-refractivity contribution in [3.63, 3.8) is 0 Å². The largest absolute Gasteiger partial charge is 0.311 e. The average Bonchev–Trinajstić information content (AvgIpc) is 2.95. The van der Waals surface area contributed by atoms with Crippen molar-refractivity contribution in [2.75, 3.05) is 5.32 Å². The summed E-state index contributed by atoms with van der Waals surface area (Å²) in [6, 6.07) is 5.12. The molecule has 0 spiro atoms. The van der Waals surface area contributed by atoms with E-state index in [0.717, 1.165) is 0 Å². The highest BCUT2D eigenvalue weighted by molar-refractivity contribution is 7.15. The Bertz CT molecular complexity index is 991. The van der Waals surface area contributed by atoms with Gasteiger partial charge in [-0.15, -0.1) is 11.3 Å². The van der Waals surface area contributed by atoms with E-state index in [-0.39, 0.29) is 17.9 Å². The Kier molecular flexibility index (Phi) is 3.41. The monoisotopic (exact) mass is 365 g/mol. The van der Waals surface area contributed by atoms with Gasteiger partial charge < -0.3 is 5.32 Å². The molecule has 1 atom stereocenters. The summed E-state index contributed by atoms with van der Waals surface area (Å²) in [5.41, 5.74) is 0.625. The van der Waals surface area contributed by atoms with E-state index in [1.54, 1.807) is 34.2 Å². The Morgan fingerprint density at radius 1 is 1.22 bits per heavy atom. The first-order valence-electron chi connectivity index (χ1n) is 6.80. The minimum atomic E-state index is -0.517. The second-order valence-corrected chi connectivity index (χ2v) is 6.86. The molecule has 3 aromatic rings. The molecule has 1 aliphatic rings. The molecule has 8 heteroatoms. The van der Waals surface area contributed by atoms with Crippen LogP contribution in [0.15, 0.2) is 34.6 Å². The van der Waals surface area contributed by atoms with E-state index >= 15 is 0 Å². The van der Waals surface area contributed by atoms with E-state index in [2.05, 4.69) is 10.3 Å². The van der Waals surface area contributed by atoms with Crippen LogP contribution < -0.4 is 10.9 Å². The second kappa shape index (κ2) is 5.33. The van der Waals surface area contributed by atoms with E-state index in [0.29, 0.717) is 32.0 Å². The number of nitrogens with one attached hydrogen (secondary N) is 1. The van der Waals surface area contributed by atoms with Crippen molar-refractivity contribution in [3.8, 4) is 0 Å². The van der Waals surface area contributed by atoms with Gasteiger partial charge >= 0.3 is 0 Å². The van der Waals surface area contributed by atoms with Gasteiger partial charge in [0.2, 0.25) is 5.91 Å². The molecular formula is C15H9Cl2N3O2S. The summed E-state index contributed by atoms with van der Waals surface area (Å²) in [4.78, 5) is 29.3. The fourth-order valence-electron chi connectivity index (χ4n) is 2.90. The van der Waals surface area contributed by atoms with Gasteiger partial charge in [-0.25, -0.2) is 0 Å². The van der Waals surface area contributed by atoms with Crippen LogP contribution in [0.3, 0.4) is 0 Å². The van der Waals surface area contributed by atoms with E-state index in [1.807, 2.05) is 0 Å². The topological polar surface area (TPSA) is 63.5 Å². The lowest BCUT2D eigenvalue weighted by Crippen LogP contribution is -2.32. The predicted molar refractivity (Wildman–Crippen MR) is 90.9 cm³/mol. The zero-order chi connectivity index (χ0) is 16.1. The number of halogens is 2. The smallest absolute Gasteiger partial charge is 0.279 e. The molecule has 1 unspecified atom stereocenters. The first-order chi connectivity index (χ1) is 11.1. The summed E-state index contributed by atoms with van der Waals surface area (Å²) in [5, 5.41) is 5.44. The predicted octanol–water partition coefficient (Wildman–Crippen LogP) is 3.54. The number of carbonyl (C=O) groups is 1. The summed E-state index contributed by atoms with van der Waals surface area (Å²) in [6.07, 6.45) is 1.87. The Labute approximate surface area is 144 Å². The van der Waals surface area contributed by atoms with Gasteiger partial charge in [0.1, 0.15) is 5.82 Å². The van der Waals surface area contributed by atoms with E-state index in [1.165, 1.54) is 11.3 Å². The third-order valence-corrected chi connectivity index (χ3v) is 5.27. The van der Waals surface area contributed by atoms with Gasteiger partial charge in [-0.1, -0.05) is 29.3 Å². The number of anilines is 1. The first-order valence-corrected chi connectivity index (χ1v) is 8.43. The van der Waals surface area contributed by atoms with E-state index < -0.39 is 5.92 Å². The van der Waals surface area contributed by atoms with Crippen molar-refractivity contribution in [1.82, 2.24) is 9.38 Å². The van der Waals surface area contributed by atoms with Crippen molar-refractivity contribution in [3.05, 3.63) is 61.3 Å². The Morgan fingerprint density at radius 3 is 2.70 bits per heavy atom. The Hall–Kier alpha value is -1.89. The van der Waals surface area contributed by atoms with Crippen LogP contribution >= 0.6 is 34.5 Å². The quantitative estimate of drug-likeness (QED) is 0.717. The van der Waals surface area contributed by atoms with E-state index in [9.17, 15) is 9.59 Å². The highest BCUT2D eigenvalue weighted by atomic mass is 35.5. The number of carbonyl (C=O) groups excluding carboxylic acids is 1. The molecule has 0 saturated heterocycles. The zero-order valence-electron chi connectivity index (χ0n) is 11.5. The molecule has 0 radical (unpaired) electrons. The SMILES string of the molecule is O=C1CC(c2c(Cl)cccc2Cl)c2c(n3ccsc3nc2=O)N1. The number of fused-ring (bicyclic) bond motifs is 3. The summed E-state index contributed by atoms with van der Waals surface area (Å²) in [6.45, 7) is 0.